The van der Waals surface area contributed by atoms with Crippen LogP contribution in [-0.4, -0.2) is 15.7 Å². The minimum atomic E-state index is -0.0804. The van der Waals surface area contributed by atoms with Crippen LogP contribution in [0.4, 0.5) is 5.82 Å². The van der Waals surface area contributed by atoms with Crippen molar-refractivity contribution in [2.45, 2.75) is 38.1 Å². The maximum atomic E-state index is 12.2. The molecule has 1 aliphatic carbocycles. The van der Waals surface area contributed by atoms with Gasteiger partial charge < -0.3 is 5.32 Å². The van der Waals surface area contributed by atoms with Crippen molar-refractivity contribution in [3.63, 3.8) is 0 Å². The Balaban J connectivity index is 1.75. The van der Waals surface area contributed by atoms with Gasteiger partial charge in [0.05, 0.1) is 12.2 Å². The lowest BCUT2D eigenvalue weighted by atomic mass is 9.96. The Morgan fingerprint density at radius 2 is 1.85 bits per heavy atom. The molecule has 3 rings (SSSR count). The van der Waals surface area contributed by atoms with Crippen molar-refractivity contribution in [1.82, 2.24) is 9.78 Å². The summed E-state index contributed by atoms with van der Waals surface area (Å²) in [6.45, 7) is 0. The van der Waals surface area contributed by atoms with E-state index in [9.17, 15) is 4.79 Å². The number of rotatable bonds is 3. The number of aromatic nitrogens is 2. The van der Waals surface area contributed by atoms with Crippen LogP contribution in [0.2, 0.25) is 0 Å². The van der Waals surface area contributed by atoms with Crippen LogP contribution < -0.4 is 5.32 Å². The lowest BCUT2D eigenvalue weighted by molar-refractivity contribution is 0.102. The van der Waals surface area contributed by atoms with E-state index in [2.05, 4.69) is 10.4 Å². The molecule has 0 unspecified atom stereocenters. The average Bonchev–Trinajstić information content (AvgIpc) is 2.97. The van der Waals surface area contributed by atoms with E-state index in [-0.39, 0.29) is 5.91 Å². The molecule has 4 nitrogen and oxygen atoms in total. The van der Waals surface area contributed by atoms with Crippen LogP contribution in [-0.2, 0) is 0 Å². The van der Waals surface area contributed by atoms with E-state index in [0.717, 1.165) is 18.7 Å². The third-order valence-corrected chi connectivity index (χ3v) is 3.87. The molecule has 0 saturated heterocycles. The Hall–Kier alpha value is -2.10. The fourth-order valence-corrected chi connectivity index (χ4v) is 2.81. The summed E-state index contributed by atoms with van der Waals surface area (Å²) >= 11 is 0. The zero-order valence-corrected chi connectivity index (χ0v) is 11.5. The summed E-state index contributed by atoms with van der Waals surface area (Å²) < 4.78 is 1.97. The van der Waals surface area contributed by atoms with Crippen molar-refractivity contribution in [2.24, 2.45) is 0 Å². The normalized spacial score (nSPS) is 16.0. The van der Waals surface area contributed by atoms with Gasteiger partial charge in [0.2, 0.25) is 0 Å². The van der Waals surface area contributed by atoms with Gasteiger partial charge in [0, 0.05) is 11.6 Å². The first-order valence-corrected chi connectivity index (χ1v) is 7.24. The molecule has 1 aliphatic rings. The Kier molecular flexibility index (Phi) is 3.81. The Morgan fingerprint density at radius 1 is 1.10 bits per heavy atom. The zero-order chi connectivity index (χ0) is 13.8. The molecule has 0 atom stereocenters. The standard InChI is InChI=1S/C16H19N3O/c20-16(13-7-3-1-4-8-13)18-15-11-12-17-19(15)14-9-5-2-6-10-14/h1,3-4,7-8,11-12,14H,2,5-6,9-10H2,(H,18,20). The molecule has 1 N–H and O–H groups in total. The van der Waals surface area contributed by atoms with Crippen LogP contribution in [0.25, 0.3) is 0 Å². The van der Waals surface area contributed by atoms with Gasteiger partial charge in [-0.1, -0.05) is 37.5 Å². The molecular formula is C16H19N3O. The number of carbonyl (C=O) groups is 1. The molecule has 104 valence electrons. The Bertz CT molecular complexity index is 570. The quantitative estimate of drug-likeness (QED) is 0.924. The van der Waals surface area contributed by atoms with E-state index in [0.29, 0.717) is 11.6 Å². The highest BCUT2D eigenvalue weighted by Gasteiger charge is 2.19. The van der Waals surface area contributed by atoms with E-state index < -0.39 is 0 Å². The molecule has 20 heavy (non-hydrogen) atoms. The van der Waals surface area contributed by atoms with Crippen LogP contribution >= 0.6 is 0 Å². The summed E-state index contributed by atoms with van der Waals surface area (Å²) in [5.74, 6) is 0.717. The van der Waals surface area contributed by atoms with Gasteiger partial charge >= 0.3 is 0 Å². The topological polar surface area (TPSA) is 46.9 Å². The van der Waals surface area contributed by atoms with Crippen molar-refractivity contribution in [1.29, 1.82) is 0 Å². The molecule has 1 amide bonds. The van der Waals surface area contributed by atoms with E-state index in [1.807, 2.05) is 41.1 Å². The second-order valence-electron chi connectivity index (χ2n) is 5.27. The van der Waals surface area contributed by atoms with Crippen LogP contribution in [0.3, 0.4) is 0 Å². The van der Waals surface area contributed by atoms with Gasteiger partial charge in [-0.2, -0.15) is 5.10 Å². The van der Waals surface area contributed by atoms with Gasteiger partial charge in [0.15, 0.2) is 0 Å². The Labute approximate surface area is 118 Å². The van der Waals surface area contributed by atoms with E-state index in [4.69, 9.17) is 0 Å². The maximum absolute atomic E-state index is 12.2. The number of anilines is 1. The number of hydrogen-bond acceptors (Lipinski definition) is 2. The monoisotopic (exact) mass is 269 g/mol. The smallest absolute Gasteiger partial charge is 0.256 e. The largest absolute Gasteiger partial charge is 0.307 e. The molecule has 2 aromatic rings. The number of hydrogen-bond donors (Lipinski definition) is 1. The molecule has 1 aromatic heterocycles. The fraction of sp³-hybridized carbons (Fsp3) is 0.375. The second-order valence-corrected chi connectivity index (χ2v) is 5.27. The first-order valence-electron chi connectivity index (χ1n) is 7.24. The summed E-state index contributed by atoms with van der Waals surface area (Å²) in [5, 5.41) is 7.35. The summed E-state index contributed by atoms with van der Waals surface area (Å²) in [7, 11) is 0. The third kappa shape index (κ3) is 2.74. The SMILES string of the molecule is O=C(Nc1ccnn1C1CCCCC1)c1ccccc1. The summed E-state index contributed by atoms with van der Waals surface area (Å²) in [5.41, 5.74) is 0.670. The molecule has 1 saturated carbocycles. The lowest BCUT2D eigenvalue weighted by Crippen LogP contribution is -2.20. The van der Waals surface area contributed by atoms with Crippen molar-refractivity contribution in [3.05, 3.63) is 48.2 Å². The predicted octanol–water partition coefficient (Wildman–Crippen LogP) is 3.64. The number of amides is 1. The van der Waals surface area contributed by atoms with Gasteiger partial charge in [-0.3, -0.25) is 4.79 Å². The first kappa shape index (κ1) is 12.9. The minimum absolute atomic E-state index is 0.0804. The predicted molar refractivity (Wildman–Crippen MR) is 78.7 cm³/mol. The van der Waals surface area contributed by atoms with Crippen molar-refractivity contribution in [3.8, 4) is 0 Å². The summed E-state index contributed by atoms with van der Waals surface area (Å²) in [6.07, 6.45) is 7.86. The third-order valence-electron chi connectivity index (χ3n) is 3.87. The van der Waals surface area contributed by atoms with Crippen molar-refractivity contribution < 1.29 is 4.79 Å². The van der Waals surface area contributed by atoms with Gasteiger partial charge in [-0.25, -0.2) is 4.68 Å². The molecule has 1 fully saturated rings. The fourth-order valence-electron chi connectivity index (χ4n) is 2.81. The Morgan fingerprint density at radius 3 is 2.60 bits per heavy atom. The van der Waals surface area contributed by atoms with Crippen LogP contribution in [0.5, 0.6) is 0 Å². The highest BCUT2D eigenvalue weighted by Crippen LogP contribution is 2.29. The highest BCUT2D eigenvalue weighted by molar-refractivity contribution is 6.03. The summed E-state index contributed by atoms with van der Waals surface area (Å²) in [4.78, 5) is 12.2. The molecule has 0 bridgehead atoms. The van der Waals surface area contributed by atoms with Crippen molar-refractivity contribution in [2.75, 3.05) is 5.32 Å². The van der Waals surface area contributed by atoms with Crippen LogP contribution in [0.15, 0.2) is 42.6 Å². The van der Waals surface area contributed by atoms with Crippen LogP contribution in [0, 0.1) is 0 Å². The van der Waals surface area contributed by atoms with Crippen LogP contribution in [0.1, 0.15) is 48.5 Å². The maximum Gasteiger partial charge on any atom is 0.256 e. The van der Waals surface area contributed by atoms with Gasteiger partial charge in [-0.15, -0.1) is 0 Å². The molecule has 1 heterocycles. The zero-order valence-electron chi connectivity index (χ0n) is 11.5. The van der Waals surface area contributed by atoms with Gasteiger partial charge in [0.1, 0.15) is 5.82 Å². The second kappa shape index (κ2) is 5.90. The first-order chi connectivity index (χ1) is 9.84. The van der Waals surface area contributed by atoms with Gasteiger partial charge in [-0.05, 0) is 25.0 Å². The molecule has 0 radical (unpaired) electrons. The van der Waals surface area contributed by atoms with E-state index >= 15 is 0 Å². The lowest BCUT2D eigenvalue weighted by Gasteiger charge is -2.23. The van der Waals surface area contributed by atoms with E-state index in [1.54, 1.807) is 6.20 Å². The number of nitrogens with one attached hydrogen (secondary N) is 1. The number of benzene rings is 1. The minimum Gasteiger partial charge on any atom is -0.307 e. The molecule has 0 spiro atoms. The van der Waals surface area contributed by atoms with Gasteiger partial charge in [0.25, 0.3) is 5.91 Å². The van der Waals surface area contributed by atoms with Crippen molar-refractivity contribution >= 4 is 11.7 Å². The molecule has 4 heteroatoms. The molecule has 1 aromatic carbocycles. The highest BCUT2D eigenvalue weighted by atomic mass is 16.1. The molecule has 0 aliphatic heterocycles. The van der Waals surface area contributed by atoms with E-state index in [1.165, 1.54) is 19.3 Å². The molecular weight excluding hydrogens is 250 g/mol. The number of nitrogens with zero attached hydrogens (tertiary/aromatic N) is 2. The number of carbonyl (C=O) groups excluding carboxylic acids is 1. The average molecular weight is 269 g/mol. The summed E-state index contributed by atoms with van der Waals surface area (Å²) in [6, 6.07) is 11.6.